The summed E-state index contributed by atoms with van der Waals surface area (Å²) in [6.07, 6.45) is 1.01. The maximum atomic E-state index is 2.39. The van der Waals surface area contributed by atoms with Crippen LogP contribution in [0.4, 0.5) is 17.1 Å². The molecule has 0 saturated carbocycles. The summed E-state index contributed by atoms with van der Waals surface area (Å²) < 4.78 is 1.27. The summed E-state index contributed by atoms with van der Waals surface area (Å²) in [6.45, 7) is 0. The Bertz CT molecular complexity index is 796. The minimum absolute atomic E-state index is 1.01. The molecule has 0 spiro atoms. The van der Waals surface area contributed by atoms with E-state index >= 15 is 0 Å². The normalized spacial score (nSPS) is 12.7. The van der Waals surface area contributed by atoms with E-state index in [4.69, 9.17) is 0 Å². The van der Waals surface area contributed by atoms with Gasteiger partial charge in [-0.25, -0.2) is 0 Å². The molecule has 2 heteroatoms. The van der Waals surface area contributed by atoms with E-state index in [2.05, 4.69) is 100 Å². The van der Waals surface area contributed by atoms with E-state index in [-0.39, 0.29) is 0 Å². The van der Waals surface area contributed by atoms with Crippen molar-refractivity contribution in [2.75, 3.05) is 4.90 Å². The molecule has 0 aliphatic carbocycles. The number of fused-ring (bicyclic) bond motifs is 2. The summed E-state index contributed by atoms with van der Waals surface area (Å²) in [4.78, 5) is 2.37. The highest BCUT2D eigenvalue weighted by Gasteiger charge is 2.23. The summed E-state index contributed by atoms with van der Waals surface area (Å²) in [5.41, 5.74) is 6.57. The van der Waals surface area contributed by atoms with Crippen LogP contribution in [0.25, 0.3) is 0 Å². The quantitative estimate of drug-likeness (QED) is 0.383. The third-order valence-electron chi connectivity index (χ3n) is 3.92. The number of hydrogen-bond acceptors (Lipinski definition) is 1. The molecule has 3 aromatic rings. The summed E-state index contributed by atoms with van der Waals surface area (Å²) in [5.74, 6) is 0. The van der Waals surface area contributed by atoms with E-state index in [0.29, 0.717) is 0 Å². The average Bonchev–Trinajstić information content (AvgIpc) is 2.53. The zero-order valence-corrected chi connectivity index (χ0v) is 13.6. The molecule has 0 N–H and O–H groups in total. The average molecular weight is 383 g/mol. The SMILES string of the molecule is Ic1ccc2c(c1)N(c1ccccc1)c1ccccc1C2. The van der Waals surface area contributed by atoms with E-state index < -0.39 is 0 Å². The van der Waals surface area contributed by atoms with Crippen LogP contribution in [-0.2, 0) is 6.42 Å². The minimum Gasteiger partial charge on any atom is -0.310 e. The van der Waals surface area contributed by atoms with Gasteiger partial charge >= 0.3 is 0 Å². The molecule has 102 valence electrons. The van der Waals surface area contributed by atoms with Crippen LogP contribution in [0.2, 0.25) is 0 Å². The lowest BCUT2D eigenvalue weighted by atomic mass is 9.95. The molecule has 0 bridgehead atoms. The molecular weight excluding hydrogens is 369 g/mol. The molecule has 0 aromatic heterocycles. The predicted octanol–water partition coefficient (Wildman–Crippen LogP) is 5.67. The second kappa shape index (κ2) is 5.19. The monoisotopic (exact) mass is 383 g/mol. The zero-order valence-electron chi connectivity index (χ0n) is 11.5. The fourth-order valence-electron chi connectivity index (χ4n) is 2.96. The number of rotatable bonds is 1. The van der Waals surface area contributed by atoms with Gasteiger partial charge in [0.25, 0.3) is 0 Å². The molecule has 1 nitrogen and oxygen atoms in total. The summed E-state index contributed by atoms with van der Waals surface area (Å²) in [7, 11) is 0. The van der Waals surface area contributed by atoms with Gasteiger partial charge in [-0.05, 0) is 64.0 Å². The Labute approximate surface area is 138 Å². The molecule has 1 heterocycles. The Kier molecular flexibility index (Phi) is 3.19. The van der Waals surface area contributed by atoms with E-state index in [1.165, 1.54) is 31.8 Å². The Morgan fingerprint density at radius 3 is 2.29 bits per heavy atom. The van der Waals surface area contributed by atoms with Crippen molar-refractivity contribution in [3.05, 3.63) is 87.5 Å². The van der Waals surface area contributed by atoms with Crippen LogP contribution in [0.3, 0.4) is 0 Å². The van der Waals surface area contributed by atoms with Gasteiger partial charge in [-0.2, -0.15) is 0 Å². The van der Waals surface area contributed by atoms with Gasteiger partial charge in [-0.1, -0.05) is 42.5 Å². The Morgan fingerprint density at radius 2 is 1.43 bits per heavy atom. The molecule has 4 rings (SSSR count). The molecule has 0 amide bonds. The van der Waals surface area contributed by atoms with Crippen LogP contribution < -0.4 is 4.90 Å². The first kappa shape index (κ1) is 12.9. The second-order valence-corrected chi connectivity index (χ2v) is 6.50. The second-order valence-electron chi connectivity index (χ2n) is 5.25. The van der Waals surface area contributed by atoms with Crippen LogP contribution in [0.5, 0.6) is 0 Å². The Hall–Kier alpha value is -1.81. The van der Waals surface area contributed by atoms with Crippen LogP contribution in [0.1, 0.15) is 11.1 Å². The van der Waals surface area contributed by atoms with Crippen molar-refractivity contribution in [3.8, 4) is 0 Å². The first-order chi connectivity index (χ1) is 10.3. The lowest BCUT2D eigenvalue weighted by Crippen LogP contribution is -2.18. The molecule has 1 aliphatic heterocycles. The van der Waals surface area contributed by atoms with Gasteiger partial charge in [-0.3, -0.25) is 0 Å². The van der Waals surface area contributed by atoms with Gasteiger partial charge < -0.3 is 4.90 Å². The van der Waals surface area contributed by atoms with Crippen molar-refractivity contribution < 1.29 is 0 Å². The van der Waals surface area contributed by atoms with Crippen LogP contribution in [0.15, 0.2) is 72.8 Å². The van der Waals surface area contributed by atoms with Gasteiger partial charge in [0.1, 0.15) is 0 Å². The molecule has 0 atom stereocenters. The van der Waals surface area contributed by atoms with Gasteiger partial charge in [0.15, 0.2) is 0 Å². The van der Waals surface area contributed by atoms with Gasteiger partial charge in [-0.15, -0.1) is 0 Å². The number of anilines is 3. The fraction of sp³-hybridized carbons (Fsp3) is 0.0526. The topological polar surface area (TPSA) is 3.24 Å². The standard InChI is InChI=1S/C19H14IN/c20-16-11-10-15-12-14-6-4-5-9-18(14)21(19(15)13-16)17-7-2-1-3-8-17/h1-11,13H,12H2. The lowest BCUT2D eigenvalue weighted by Gasteiger charge is -2.33. The first-order valence-electron chi connectivity index (χ1n) is 7.04. The Balaban J connectivity index is 1.98. The number of para-hydroxylation sites is 2. The molecule has 0 saturated heterocycles. The molecule has 0 radical (unpaired) electrons. The van der Waals surface area contributed by atoms with Gasteiger partial charge in [0.2, 0.25) is 0 Å². The van der Waals surface area contributed by atoms with E-state index in [1.807, 2.05) is 0 Å². The number of benzene rings is 3. The van der Waals surface area contributed by atoms with Crippen molar-refractivity contribution in [2.45, 2.75) is 6.42 Å². The van der Waals surface area contributed by atoms with Gasteiger partial charge in [0, 0.05) is 21.4 Å². The summed E-state index contributed by atoms with van der Waals surface area (Å²) in [5, 5.41) is 0. The van der Waals surface area contributed by atoms with Crippen LogP contribution in [-0.4, -0.2) is 0 Å². The van der Waals surface area contributed by atoms with Crippen molar-refractivity contribution >= 4 is 39.7 Å². The van der Waals surface area contributed by atoms with E-state index in [0.717, 1.165) is 6.42 Å². The largest absolute Gasteiger partial charge is 0.310 e. The van der Waals surface area contributed by atoms with E-state index in [9.17, 15) is 0 Å². The van der Waals surface area contributed by atoms with Crippen LogP contribution >= 0.6 is 22.6 Å². The zero-order chi connectivity index (χ0) is 14.2. The van der Waals surface area contributed by atoms with Crippen molar-refractivity contribution in [1.82, 2.24) is 0 Å². The minimum atomic E-state index is 1.01. The number of hydrogen-bond donors (Lipinski definition) is 0. The highest BCUT2D eigenvalue weighted by molar-refractivity contribution is 14.1. The predicted molar refractivity (Wildman–Crippen MR) is 96.6 cm³/mol. The van der Waals surface area contributed by atoms with Crippen LogP contribution in [0, 0.1) is 3.57 Å². The Morgan fingerprint density at radius 1 is 0.714 bits per heavy atom. The molecule has 21 heavy (non-hydrogen) atoms. The fourth-order valence-corrected chi connectivity index (χ4v) is 3.44. The van der Waals surface area contributed by atoms with Crippen molar-refractivity contribution in [2.24, 2.45) is 0 Å². The maximum Gasteiger partial charge on any atom is 0.0507 e. The lowest BCUT2D eigenvalue weighted by molar-refractivity contribution is 1.09. The molecular formula is C19H14IN. The molecule has 0 fully saturated rings. The van der Waals surface area contributed by atoms with Crippen molar-refractivity contribution in [1.29, 1.82) is 0 Å². The third kappa shape index (κ3) is 2.23. The maximum absolute atomic E-state index is 2.39. The number of nitrogens with zero attached hydrogens (tertiary/aromatic N) is 1. The highest BCUT2D eigenvalue weighted by Crippen LogP contribution is 2.43. The van der Waals surface area contributed by atoms with E-state index in [1.54, 1.807) is 0 Å². The highest BCUT2D eigenvalue weighted by atomic mass is 127. The summed E-state index contributed by atoms with van der Waals surface area (Å²) >= 11 is 2.39. The third-order valence-corrected chi connectivity index (χ3v) is 4.59. The molecule has 0 unspecified atom stereocenters. The van der Waals surface area contributed by atoms with Crippen molar-refractivity contribution in [3.63, 3.8) is 0 Å². The number of halogens is 1. The smallest absolute Gasteiger partial charge is 0.0507 e. The first-order valence-corrected chi connectivity index (χ1v) is 8.12. The summed E-state index contributed by atoms with van der Waals surface area (Å²) in [6, 6.07) is 26.0. The van der Waals surface area contributed by atoms with Gasteiger partial charge in [0.05, 0.1) is 5.69 Å². The molecule has 1 aliphatic rings. The molecule has 3 aromatic carbocycles.